The van der Waals surface area contributed by atoms with Crippen LogP contribution in [0, 0.1) is 6.92 Å². The van der Waals surface area contributed by atoms with Crippen molar-refractivity contribution < 1.29 is 4.79 Å². The molecule has 0 unspecified atom stereocenters. The maximum atomic E-state index is 12.2. The first-order valence-corrected chi connectivity index (χ1v) is 9.29. The molecule has 24 heavy (non-hydrogen) atoms. The maximum absolute atomic E-state index is 12.2. The number of amides is 1. The number of rotatable bonds is 4. The largest absolute Gasteiger partial charge is 0.346 e. The summed E-state index contributed by atoms with van der Waals surface area (Å²) in [4.78, 5) is 21.1. The zero-order valence-corrected chi connectivity index (χ0v) is 15.6. The van der Waals surface area contributed by atoms with Gasteiger partial charge in [0, 0.05) is 37.2 Å². The Balaban J connectivity index is 1.48. The second kappa shape index (κ2) is 7.70. The molecule has 1 fully saturated rings. The minimum absolute atomic E-state index is 0.0491. The Hall–Kier alpha value is -1.34. The lowest BCUT2D eigenvalue weighted by Gasteiger charge is -2.34. The van der Waals surface area contributed by atoms with Gasteiger partial charge in [0.15, 0.2) is 5.13 Å². The van der Waals surface area contributed by atoms with Gasteiger partial charge in [-0.1, -0.05) is 23.2 Å². The normalized spacial score (nSPS) is 15.5. The smallest absolute Gasteiger partial charge is 0.238 e. The van der Waals surface area contributed by atoms with Crippen LogP contribution < -0.4 is 10.2 Å². The van der Waals surface area contributed by atoms with E-state index in [2.05, 4.69) is 25.5 Å². The second-order valence-electron chi connectivity index (χ2n) is 5.71. The molecule has 3 rings (SSSR count). The fourth-order valence-electron chi connectivity index (χ4n) is 2.56. The fourth-order valence-corrected chi connectivity index (χ4v) is 3.72. The van der Waals surface area contributed by atoms with Crippen LogP contribution in [0.25, 0.3) is 0 Å². The number of halogens is 2. The first-order chi connectivity index (χ1) is 11.5. The van der Waals surface area contributed by atoms with Gasteiger partial charge in [-0.3, -0.25) is 9.69 Å². The van der Waals surface area contributed by atoms with E-state index in [1.54, 1.807) is 29.5 Å². The highest BCUT2D eigenvalue weighted by atomic mass is 35.5. The van der Waals surface area contributed by atoms with Crippen molar-refractivity contribution in [2.75, 3.05) is 42.9 Å². The third kappa shape index (κ3) is 4.39. The zero-order chi connectivity index (χ0) is 17.1. The highest BCUT2D eigenvalue weighted by molar-refractivity contribution is 7.13. The van der Waals surface area contributed by atoms with Crippen molar-refractivity contribution in [3.63, 3.8) is 0 Å². The van der Waals surface area contributed by atoms with E-state index in [1.807, 2.05) is 6.92 Å². The van der Waals surface area contributed by atoms with Gasteiger partial charge in [-0.2, -0.15) is 0 Å². The number of anilines is 2. The molecule has 1 saturated heterocycles. The van der Waals surface area contributed by atoms with E-state index in [4.69, 9.17) is 23.2 Å². The number of thiazole rings is 1. The molecule has 0 bridgehead atoms. The van der Waals surface area contributed by atoms with Crippen molar-refractivity contribution in [2.24, 2.45) is 0 Å². The van der Waals surface area contributed by atoms with E-state index in [1.165, 1.54) is 0 Å². The van der Waals surface area contributed by atoms with E-state index in [0.717, 1.165) is 37.0 Å². The number of carbonyl (C=O) groups is 1. The van der Waals surface area contributed by atoms with Gasteiger partial charge in [-0.25, -0.2) is 4.98 Å². The van der Waals surface area contributed by atoms with Crippen molar-refractivity contribution in [1.82, 2.24) is 9.88 Å². The Morgan fingerprint density at radius 1 is 1.25 bits per heavy atom. The lowest BCUT2D eigenvalue weighted by atomic mass is 10.3. The van der Waals surface area contributed by atoms with E-state index in [9.17, 15) is 4.79 Å². The van der Waals surface area contributed by atoms with Gasteiger partial charge in [0.05, 0.1) is 22.3 Å². The molecule has 1 aromatic heterocycles. The van der Waals surface area contributed by atoms with Crippen LogP contribution in [0.2, 0.25) is 10.0 Å². The molecule has 0 saturated carbocycles. The van der Waals surface area contributed by atoms with Gasteiger partial charge in [0.25, 0.3) is 0 Å². The molecule has 0 spiro atoms. The Labute approximate surface area is 155 Å². The van der Waals surface area contributed by atoms with E-state index in [0.29, 0.717) is 22.3 Å². The molecule has 2 aromatic rings. The average Bonchev–Trinajstić information content (AvgIpc) is 2.98. The summed E-state index contributed by atoms with van der Waals surface area (Å²) >= 11 is 13.5. The van der Waals surface area contributed by atoms with E-state index in [-0.39, 0.29) is 5.91 Å². The van der Waals surface area contributed by atoms with Crippen molar-refractivity contribution in [2.45, 2.75) is 6.92 Å². The van der Waals surface area contributed by atoms with Gasteiger partial charge < -0.3 is 10.2 Å². The van der Waals surface area contributed by atoms with Crippen LogP contribution >= 0.6 is 34.5 Å². The highest BCUT2D eigenvalue weighted by Crippen LogP contribution is 2.25. The quantitative estimate of drug-likeness (QED) is 0.875. The van der Waals surface area contributed by atoms with E-state index < -0.39 is 0 Å². The van der Waals surface area contributed by atoms with Crippen LogP contribution in [-0.4, -0.2) is 48.5 Å². The molecule has 1 aliphatic rings. The van der Waals surface area contributed by atoms with Gasteiger partial charge in [-0.05, 0) is 25.1 Å². The summed E-state index contributed by atoms with van der Waals surface area (Å²) in [5.41, 5.74) is 1.71. The molecule has 1 amide bonds. The van der Waals surface area contributed by atoms with Crippen molar-refractivity contribution in [1.29, 1.82) is 0 Å². The summed E-state index contributed by atoms with van der Waals surface area (Å²) < 4.78 is 0. The summed E-state index contributed by atoms with van der Waals surface area (Å²) in [7, 11) is 0. The first-order valence-electron chi connectivity index (χ1n) is 7.65. The number of hydrogen-bond acceptors (Lipinski definition) is 5. The molecule has 0 radical (unpaired) electrons. The molecule has 1 N–H and O–H groups in total. The third-order valence-electron chi connectivity index (χ3n) is 3.82. The lowest BCUT2D eigenvalue weighted by Crippen LogP contribution is -2.48. The summed E-state index contributed by atoms with van der Waals surface area (Å²) in [6, 6.07) is 5.08. The van der Waals surface area contributed by atoms with Crippen LogP contribution in [0.4, 0.5) is 10.8 Å². The molecule has 0 atom stereocenters. The zero-order valence-electron chi connectivity index (χ0n) is 13.3. The third-order valence-corrected chi connectivity index (χ3v) is 5.58. The number of hydrogen-bond donors (Lipinski definition) is 1. The van der Waals surface area contributed by atoms with Crippen LogP contribution in [0.1, 0.15) is 5.69 Å². The van der Waals surface area contributed by atoms with Crippen molar-refractivity contribution in [3.05, 3.63) is 39.3 Å². The fraction of sp³-hybridized carbons (Fsp3) is 0.375. The SMILES string of the molecule is Cc1csc(N2CCN(CC(=O)Nc3ccc(Cl)c(Cl)c3)CC2)n1. The summed E-state index contributed by atoms with van der Waals surface area (Å²) in [6.07, 6.45) is 0. The maximum Gasteiger partial charge on any atom is 0.238 e. The monoisotopic (exact) mass is 384 g/mol. The topological polar surface area (TPSA) is 48.5 Å². The Morgan fingerprint density at radius 3 is 2.62 bits per heavy atom. The number of nitrogens with zero attached hydrogens (tertiary/aromatic N) is 3. The summed E-state index contributed by atoms with van der Waals surface area (Å²) in [5, 5.41) is 6.89. The Kier molecular flexibility index (Phi) is 5.61. The molecular formula is C16H18Cl2N4OS. The predicted molar refractivity (Wildman–Crippen MR) is 101 cm³/mol. The van der Waals surface area contributed by atoms with Crippen LogP contribution in [0.5, 0.6) is 0 Å². The van der Waals surface area contributed by atoms with E-state index >= 15 is 0 Å². The molecule has 128 valence electrons. The number of aromatic nitrogens is 1. The summed E-state index contributed by atoms with van der Waals surface area (Å²) in [5.74, 6) is -0.0491. The van der Waals surface area contributed by atoms with Crippen molar-refractivity contribution >= 4 is 51.3 Å². The predicted octanol–water partition coefficient (Wildman–Crippen LogP) is 3.52. The molecule has 0 aliphatic carbocycles. The molecule has 8 heteroatoms. The van der Waals surface area contributed by atoms with Crippen molar-refractivity contribution in [3.8, 4) is 0 Å². The van der Waals surface area contributed by atoms with Gasteiger partial charge in [0.2, 0.25) is 5.91 Å². The number of carbonyl (C=O) groups excluding carboxylic acids is 1. The van der Waals surface area contributed by atoms with Gasteiger partial charge in [0.1, 0.15) is 0 Å². The standard InChI is InChI=1S/C16H18Cl2N4OS/c1-11-10-24-16(19-11)22-6-4-21(5-7-22)9-15(23)20-12-2-3-13(17)14(18)8-12/h2-3,8,10H,4-7,9H2,1H3,(H,20,23). The summed E-state index contributed by atoms with van der Waals surface area (Å²) in [6.45, 7) is 5.81. The van der Waals surface area contributed by atoms with Crippen LogP contribution in [0.15, 0.2) is 23.6 Å². The number of piperazine rings is 1. The van der Waals surface area contributed by atoms with Gasteiger partial charge in [-0.15, -0.1) is 11.3 Å². The highest BCUT2D eigenvalue weighted by Gasteiger charge is 2.20. The molecule has 5 nitrogen and oxygen atoms in total. The van der Waals surface area contributed by atoms with Crippen LogP contribution in [0.3, 0.4) is 0 Å². The van der Waals surface area contributed by atoms with Gasteiger partial charge >= 0.3 is 0 Å². The number of aryl methyl sites for hydroxylation is 1. The average molecular weight is 385 g/mol. The molecule has 2 heterocycles. The lowest BCUT2D eigenvalue weighted by molar-refractivity contribution is -0.117. The minimum atomic E-state index is -0.0491. The molecule has 1 aromatic carbocycles. The second-order valence-corrected chi connectivity index (χ2v) is 7.36. The molecular weight excluding hydrogens is 367 g/mol. The Morgan fingerprint density at radius 2 is 2.00 bits per heavy atom. The number of nitrogens with one attached hydrogen (secondary N) is 1. The minimum Gasteiger partial charge on any atom is -0.346 e. The molecule has 1 aliphatic heterocycles. The number of benzene rings is 1. The Bertz CT molecular complexity index is 729. The first kappa shape index (κ1) is 17.5. The van der Waals surface area contributed by atoms with Crippen LogP contribution in [-0.2, 0) is 4.79 Å².